The highest BCUT2D eigenvalue weighted by atomic mass is 32.2. The van der Waals surface area contributed by atoms with Crippen LogP contribution in [0.25, 0.3) is 0 Å². The highest BCUT2D eigenvalue weighted by molar-refractivity contribution is 7.99. The van der Waals surface area contributed by atoms with Crippen LogP contribution in [0.2, 0.25) is 0 Å². The van der Waals surface area contributed by atoms with Gasteiger partial charge in [0.15, 0.2) is 0 Å². The normalized spacial score (nSPS) is 18.2. The molecule has 2 rings (SSSR count). The van der Waals surface area contributed by atoms with Crippen LogP contribution in [0.15, 0.2) is 18.2 Å². The molecular weight excluding hydrogens is 353 g/mol. The quantitative estimate of drug-likeness (QED) is 0.801. The molecule has 1 aromatic carbocycles. The standard InChI is InChI=1S/C17H23F3N2O2S/c1-11(2)24-14-4-3-12(15(8-14)17(18,19)20)9-22-16(23)7-13-10-25-6-5-21-13/h3-4,8,11,13,21H,5-7,9-10H2,1-2H3,(H,22,23). The number of hydrogen-bond acceptors (Lipinski definition) is 4. The number of benzene rings is 1. The third kappa shape index (κ3) is 6.43. The Bertz CT molecular complexity index is 588. The molecular formula is C17H23F3N2O2S. The van der Waals surface area contributed by atoms with Crippen LogP contribution in [0.5, 0.6) is 5.75 Å². The molecule has 1 atom stereocenters. The van der Waals surface area contributed by atoms with E-state index >= 15 is 0 Å². The SMILES string of the molecule is CC(C)Oc1ccc(CNC(=O)CC2CSCCN2)c(C(F)(F)F)c1. The second-order valence-corrected chi connectivity index (χ2v) is 7.34. The van der Waals surface area contributed by atoms with Gasteiger partial charge in [-0.2, -0.15) is 24.9 Å². The maximum absolute atomic E-state index is 13.3. The van der Waals surface area contributed by atoms with Gasteiger partial charge in [0.25, 0.3) is 0 Å². The number of carbonyl (C=O) groups excluding carboxylic acids is 1. The fourth-order valence-corrected chi connectivity index (χ4v) is 3.51. The summed E-state index contributed by atoms with van der Waals surface area (Å²) in [5.41, 5.74) is -0.750. The van der Waals surface area contributed by atoms with Gasteiger partial charge < -0.3 is 15.4 Å². The van der Waals surface area contributed by atoms with Crippen LogP contribution >= 0.6 is 11.8 Å². The molecule has 1 fully saturated rings. The van der Waals surface area contributed by atoms with E-state index < -0.39 is 11.7 Å². The lowest BCUT2D eigenvalue weighted by atomic mass is 10.1. The van der Waals surface area contributed by atoms with E-state index in [1.807, 2.05) is 0 Å². The van der Waals surface area contributed by atoms with Crippen LogP contribution in [0.4, 0.5) is 13.2 Å². The van der Waals surface area contributed by atoms with Gasteiger partial charge in [0.05, 0.1) is 11.7 Å². The van der Waals surface area contributed by atoms with Gasteiger partial charge in [-0.25, -0.2) is 0 Å². The Morgan fingerprint density at radius 2 is 2.20 bits per heavy atom. The van der Waals surface area contributed by atoms with Gasteiger partial charge in [-0.3, -0.25) is 4.79 Å². The molecule has 8 heteroatoms. The van der Waals surface area contributed by atoms with Gasteiger partial charge in [0.2, 0.25) is 5.91 Å². The third-order valence-corrected chi connectivity index (χ3v) is 4.80. The van der Waals surface area contributed by atoms with Crippen molar-refractivity contribution in [2.45, 2.75) is 45.1 Å². The maximum Gasteiger partial charge on any atom is 0.416 e. The predicted molar refractivity (Wildman–Crippen MR) is 92.8 cm³/mol. The van der Waals surface area contributed by atoms with Crippen LogP contribution in [0.3, 0.4) is 0 Å². The second kappa shape index (κ2) is 8.80. The summed E-state index contributed by atoms with van der Waals surface area (Å²) in [6.07, 6.45) is -4.45. The van der Waals surface area contributed by atoms with Gasteiger partial charge in [-0.1, -0.05) is 6.07 Å². The molecule has 1 aliphatic heterocycles. The number of thioether (sulfide) groups is 1. The molecule has 0 saturated carbocycles. The summed E-state index contributed by atoms with van der Waals surface area (Å²) in [7, 11) is 0. The third-order valence-electron chi connectivity index (χ3n) is 3.66. The maximum atomic E-state index is 13.3. The number of nitrogens with one attached hydrogen (secondary N) is 2. The Balaban J connectivity index is 2.01. The fourth-order valence-electron chi connectivity index (χ4n) is 2.56. The number of ether oxygens (including phenoxy) is 1. The number of alkyl halides is 3. The first-order valence-electron chi connectivity index (χ1n) is 8.20. The molecule has 1 aromatic rings. The van der Waals surface area contributed by atoms with Gasteiger partial charge in [0.1, 0.15) is 5.75 Å². The summed E-state index contributed by atoms with van der Waals surface area (Å²) in [5.74, 6) is 1.76. The van der Waals surface area contributed by atoms with Gasteiger partial charge >= 0.3 is 6.18 Å². The van der Waals surface area contributed by atoms with E-state index in [9.17, 15) is 18.0 Å². The molecule has 140 valence electrons. The summed E-state index contributed by atoms with van der Waals surface area (Å²) in [6.45, 7) is 4.19. The fraction of sp³-hybridized carbons (Fsp3) is 0.588. The number of carbonyl (C=O) groups is 1. The van der Waals surface area contributed by atoms with Crippen LogP contribution in [-0.4, -0.2) is 36.1 Å². The van der Waals surface area contributed by atoms with Crippen molar-refractivity contribution in [3.05, 3.63) is 29.3 Å². The van der Waals surface area contributed by atoms with Gasteiger partial charge in [0, 0.05) is 37.1 Å². The van der Waals surface area contributed by atoms with E-state index in [0.29, 0.717) is 0 Å². The number of hydrogen-bond donors (Lipinski definition) is 2. The lowest BCUT2D eigenvalue weighted by Crippen LogP contribution is -2.41. The van der Waals surface area contributed by atoms with Gasteiger partial charge in [-0.05, 0) is 31.5 Å². The predicted octanol–water partition coefficient (Wildman–Crippen LogP) is 3.20. The zero-order valence-corrected chi connectivity index (χ0v) is 15.1. The van der Waals surface area contributed by atoms with Crippen molar-refractivity contribution in [1.82, 2.24) is 10.6 Å². The van der Waals surface area contributed by atoms with Crippen molar-refractivity contribution in [1.29, 1.82) is 0 Å². The molecule has 1 amide bonds. The van der Waals surface area contributed by atoms with E-state index in [2.05, 4.69) is 10.6 Å². The Kier molecular flexibility index (Phi) is 7.01. The highest BCUT2D eigenvalue weighted by Crippen LogP contribution is 2.34. The molecule has 1 heterocycles. The van der Waals surface area contributed by atoms with E-state index in [4.69, 9.17) is 4.74 Å². The minimum absolute atomic E-state index is 0.0305. The summed E-state index contributed by atoms with van der Waals surface area (Å²) >= 11 is 1.77. The molecule has 4 nitrogen and oxygen atoms in total. The van der Waals surface area contributed by atoms with Crippen LogP contribution < -0.4 is 15.4 Å². The first-order valence-corrected chi connectivity index (χ1v) is 9.36. The molecule has 0 aromatic heterocycles. The van der Waals surface area contributed by atoms with E-state index in [1.54, 1.807) is 25.6 Å². The molecule has 0 radical (unpaired) electrons. The van der Waals surface area contributed by atoms with Crippen LogP contribution in [0, 0.1) is 0 Å². The molecule has 1 saturated heterocycles. The average Bonchev–Trinajstić information content (AvgIpc) is 2.53. The molecule has 25 heavy (non-hydrogen) atoms. The van der Waals surface area contributed by atoms with Crippen molar-refractivity contribution >= 4 is 17.7 Å². The summed E-state index contributed by atoms with van der Waals surface area (Å²) < 4.78 is 45.2. The topological polar surface area (TPSA) is 50.4 Å². The summed E-state index contributed by atoms with van der Waals surface area (Å²) in [4.78, 5) is 12.0. The van der Waals surface area contributed by atoms with Crippen molar-refractivity contribution in [3.63, 3.8) is 0 Å². The summed E-state index contributed by atoms with van der Waals surface area (Å²) in [5, 5.41) is 5.82. The average molecular weight is 376 g/mol. The Labute approximate surface area is 149 Å². The molecule has 0 spiro atoms. The monoisotopic (exact) mass is 376 g/mol. The molecule has 1 aliphatic rings. The Morgan fingerprint density at radius 3 is 2.80 bits per heavy atom. The first-order chi connectivity index (χ1) is 11.8. The number of amides is 1. The zero-order chi connectivity index (χ0) is 18.4. The first kappa shape index (κ1) is 19.9. The largest absolute Gasteiger partial charge is 0.491 e. The minimum atomic E-state index is -4.50. The van der Waals surface area contributed by atoms with Crippen molar-refractivity contribution in [3.8, 4) is 5.75 Å². The number of halogens is 3. The van der Waals surface area contributed by atoms with Gasteiger partial charge in [-0.15, -0.1) is 0 Å². The van der Waals surface area contributed by atoms with E-state index in [1.165, 1.54) is 12.1 Å². The van der Waals surface area contributed by atoms with Crippen LogP contribution in [-0.2, 0) is 17.5 Å². The molecule has 0 bridgehead atoms. The lowest BCUT2D eigenvalue weighted by molar-refractivity contribution is -0.138. The summed E-state index contributed by atoms with van der Waals surface area (Å²) in [6, 6.07) is 3.91. The highest BCUT2D eigenvalue weighted by Gasteiger charge is 2.34. The molecule has 0 aliphatic carbocycles. The smallest absolute Gasteiger partial charge is 0.416 e. The lowest BCUT2D eigenvalue weighted by Gasteiger charge is -2.22. The van der Waals surface area contributed by atoms with E-state index in [0.717, 1.165) is 24.1 Å². The second-order valence-electron chi connectivity index (χ2n) is 6.19. The number of rotatable bonds is 6. The van der Waals surface area contributed by atoms with E-state index in [-0.39, 0.29) is 42.3 Å². The Hall–Kier alpha value is -1.41. The Morgan fingerprint density at radius 1 is 1.44 bits per heavy atom. The zero-order valence-electron chi connectivity index (χ0n) is 14.3. The van der Waals surface area contributed by atoms with Crippen molar-refractivity contribution in [2.75, 3.05) is 18.1 Å². The minimum Gasteiger partial charge on any atom is -0.491 e. The van der Waals surface area contributed by atoms with Crippen molar-refractivity contribution < 1.29 is 22.7 Å². The molecule has 2 N–H and O–H groups in total. The van der Waals surface area contributed by atoms with Crippen LogP contribution in [0.1, 0.15) is 31.4 Å². The molecule has 1 unspecified atom stereocenters. The van der Waals surface area contributed by atoms with Crippen molar-refractivity contribution in [2.24, 2.45) is 0 Å².